The summed E-state index contributed by atoms with van der Waals surface area (Å²) < 4.78 is 0. The summed E-state index contributed by atoms with van der Waals surface area (Å²) in [5.74, 6) is 0.304. The molecule has 4 heterocycles. The zero-order chi connectivity index (χ0) is 27.8. The normalized spacial score (nSPS) is 14.2. The number of hydrogen-bond acceptors (Lipinski definition) is 10. The van der Waals surface area contributed by atoms with Crippen LogP contribution in [0, 0.1) is 0 Å². The summed E-state index contributed by atoms with van der Waals surface area (Å²) in [6, 6.07) is 11.4. The molecule has 2 N–H and O–H groups in total. The van der Waals surface area contributed by atoms with Crippen molar-refractivity contribution in [3.05, 3.63) is 94.6 Å². The minimum Gasteiger partial charge on any atom is -0.330 e. The molecule has 0 bridgehead atoms. The average Bonchev–Trinajstić information content (AvgIpc) is 3.69. The van der Waals surface area contributed by atoms with Gasteiger partial charge in [0.15, 0.2) is 0 Å². The zero-order valence-corrected chi connectivity index (χ0v) is 23.9. The minimum absolute atomic E-state index is 0.211. The van der Waals surface area contributed by atoms with Crippen molar-refractivity contribution in [1.82, 2.24) is 30.4 Å². The predicted molar refractivity (Wildman–Crippen MR) is 163 cm³/mol. The van der Waals surface area contributed by atoms with Crippen molar-refractivity contribution in [2.45, 2.75) is 51.4 Å². The Morgan fingerprint density at radius 2 is 1.62 bits per heavy atom. The lowest BCUT2D eigenvalue weighted by atomic mass is 9.90. The van der Waals surface area contributed by atoms with Gasteiger partial charge in [-0.3, -0.25) is 20.1 Å². The van der Waals surface area contributed by atoms with Crippen LogP contribution in [0.1, 0.15) is 67.8 Å². The summed E-state index contributed by atoms with van der Waals surface area (Å²) in [6.07, 6.45) is 19.8. The molecule has 0 radical (unpaired) electrons. The third-order valence-corrected chi connectivity index (χ3v) is 7.48. The van der Waals surface area contributed by atoms with Crippen LogP contribution in [0.2, 0.25) is 0 Å². The maximum atomic E-state index is 11.9. The van der Waals surface area contributed by atoms with E-state index in [-0.39, 0.29) is 5.91 Å². The molecule has 11 heteroatoms. The first kappa shape index (κ1) is 28.9. The van der Waals surface area contributed by atoms with Crippen molar-refractivity contribution in [1.29, 1.82) is 0 Å². The first-order valence-corrected chi connectivity index (χ1v) is 14.9. The van der Waals surface area contributed by atoms with E-state index >= 15 is 0 Å². The van der Waals surface area contributed by atoms with Gasteiger partial charge in [0.2, 0.25) is 16.2 Å². The predicted octanol–water partition coefficient (Wildman–Crippen LogP) is 6.99. The molecule has 4 aromatic heterocycles. The van der Waals surface area contributed by atoms with E-state index < -0.39 is 0 Å². The lowest BCUT2D eigenvalue weighted by Gasteiger charge is -2.18. The van der Waals surface area contributed by atoms with Gasteiger partial charge in [-0.25, -0.2) is 0 Å². The van der Waals surface area contributed by atoms with Crippen LogP contribution in [-0.2, 0) is 4.79 Å². The van der Waals surface area contributed by atoms with Gasteiger partial charge in [-0.15, -0.1) is 20.4 Å². The van der Waals surface area contributed by atoms with E-state index in [1.54, 1.807) is 24.0 Å². The highest BCUT2D eigenvalue weighted by atomic mass is 32.1. The molecule has 9 nitrogen and oxygen atoms in total. The molecule has 4 aromatic rings. The van der Waals surface area contributed by atoms with Gasteiger partial charge in [-0.2, -0.15) is 0 Å². The second-order valence-electron chi connectivity index (χ2n) is 8.88. The summed E-state index contributed by atoms with van der Waals surface area (Å²) in [5.41, 5.74) is 4.38. The standard InChI is InChI=1S/C16H18N4OS.C13H14N4S/c21-14(10-9-13-8-4-5-11-17-13)18-16-20-19-15(22-16)12-6-2-1-3-7-12;1-2-5-12(16-13-17-15-10-18-13)8-7-11-6-3-4-9-14-11/h4-5,8-12H,1-3,6-7H2,(H,18,20,21);3-10H,2H2,1H3,(H,16,17)/b10-9+;8-7+,12-5+. The molecule has 1 fully saturated rings. The SMILES string of the molecule is CC/C=C(\C=C\c1ccccn1)Nc1nncs1.O=C(/C=C/c1ccccn1)Nc1nnc(C2CCCCC2)s1. The van der Waals surface area contributed by atoms with E-state index in [0.29, 0.717) is 11.0 Å². The van der Waals surface area contributed by atoms with Crippen molar-refractivity contribution in [3.63, 3.8) is 0 Å². The smallest absolute Gasteiger partial charge is 0.250 e. The van der Waals surface area contributed by atoms with Crippen LogP contribution in [0.25, 0.3) is 12.2 Å². The molecule has 0 spiro atoms. The van der Waals surface area contributed by atoms with Crippen LogP contribution in [-0.4, -0.2) is 36.3 Å². The van der Waals surface area contributed by atoms with E-state index in [1.807, 2.05) is 48.6 Å². The van der Waals surface area contributed by atoms with Crippen molar-refractivity contribution in [2.24, 2.45) is 0 Å². The topological polar surface area (TPSA) is 118 Å². The van der Waals surface area contributed by atoms with E-state index in [9.17, 15) is 4.79 Å². The molecule has 5 rings (SSSR count). The highest BCUT2D eigenvalue weighted by Crippen LogP contribution is 2.35. The Kier molecular flexibility index (Phi) is 11.6. The number of hydrogen-bond donors (Lipinski definition) is 2. The first-order valence-electron chi connectivity index (χ1n) is 13.3. The molecule has 0 aromatic carbocycles. The Hall–Kier alpha value is -4.09. The van der Waals surface area contributed by atoms with Crippen LogP contribution < -0.4 is 10.6 Å². The molecule has 0 saturated heterocycles. The molecule has 0 unspecified atom stereocenters. The third kappa shape index (κ3) is 9.90. The van der Waals surface area contributed by atoms with Gasteiger partial charge in [0, 0.05) is 30.1 Å². The molecule has 0 aliphatic heterocycles. The number of nitrogens with one attached hydrogen (secondary N) is 2. The van der Waals surface area contributed by atoms with Crippen LogP contribution >= 0.6 is 22.7 Å². The molecule has 206 valence electrons. The number of carbonyl (C=O) groups is 1. The molecule has 40 heavy (non-hydrogen) atoms. The fourth-order valence-electron chi connectivity index (χ4n) is 3.96. The lowest BCUT2D eigenvalue weighted by molar-refractivity contribution is -0.111. The molecular weight excluding hydrogens is 541 g/mol. The number of carbonyl (C=O) groups excluding carboxylic acids is 1. The Morgan fingerprint density at radius 3 is 2.25 bits per heavy atom. The van der Waals surface area contributed by atoms with Gasteiger partial charge >= 0.3 is 0 Å². The number of rotatable bonds is 9. The van der Waals surface area contributed by atoms with Gasteiger partial charge in [0.25, 0.3) is 0 Å². The number of nitrogens with zero attached hydrogens (tertiary/aromatic N) is 6. The number of allylic oxidation sites excluding steroid dienone is 2. The highest BCUT2D eigenvalue weighted by molar-refractivity contribution is 7.15. The van der Waals surface area contributed by atoms with Gasteiger partial charge in [0.1, 0.15) is 10.5 Å². The second kappa shape index (κ2) is 16.1. The summed E-state index contributed by atoms with van der Waals surface area (Å²) in [5, 5.41) is 24.4. The molecule has 1 aliphatic rings. The molecule has 0 atom stereocenters. The van der Waals surface area contributed by atoms with Crippen LogP contribution in [0.5, 0.6) is 0 Å². The largest absolute Gasteiger partial charge is 0.330 e. The third-order valence-electron chi connectivity index (χ3n) is 5.88. The Morgan fingerprint density at radius 1 is 0.900 bits per heavy atom. The number of amides is 1. The minimum atomic E-state index is -0.211. The molecule has 1 saturated carbocycles. The first-order chi connectivity index (χ1) is 19.7. The Balaban J connectivity index is 0.000000189. The number of pyridine rings is 2. The second-order valence-corrected chi connectivity index (χ2v) is 10.7. The van der Waals surface area contributed by atoms with Crippen molar-refractivity contribution in [3.8, 4) is 0 Å². The molecule has 1 aliphatic carbocycles. The van der Waals surface area contributed by atoms with Crippen molar-refractivity contribution < 1.29 is 4.79 Å². The fourth-order valence-corrected chi connectivity index (χ4v) is 5.34. The highest BCUT2D eigenvalue weighted by Gasteiger charge is 2.19. The summed E-state index contributed by atoms with van der Waals surface area (Å²) in [4.78, 5) is 20.3. The maximum absolute atomic E-state index is 11.9. The van der Waals surface area contributed by atoms with Gasteiger partial charge in [0.05, 0.1) is 11.4 Å². The molecule has 1 amide bonds. The maximum Gasteiger partial charge on any atom is 0.250 e. The monoisotopic (exact) mass is 572 g/mol. The van der Waals surface area contributed by atoms with Gasteiger partial charge in [-0.1, -0.05) is 67.1 Å². The van der Waals surface area contributed by atoms with Crippen LogP contribution in [0.15, 0.2) is 78.2 Å². The average molecular weight is 573 g/mol. The summed E-state index contributed by atoms with van der Waals surface area (Å²) in [6.45, 7) is 2.09. The number of aromatic nitrogens is 6. The van der Waals surface area contributed by atoms with E-state index in [4.69, 9.17) is 0 Å². The van der Waals surface area contributed by atoms with E-state index in [1.165, 1.54) is 60.9 Å². The van der Waals surface area contributed by atoms with E-state index in [2.05, 4.69) is 54.0 Å². The van der Waals surface area contributed by atoms with Crippen molar-refractivity contribution >= 4 is 51.0 Å². The molecular formula is C29H32N8OS2. The summed E-state index contributed by atoms with van der Waals surface area (Å²) in [7, 11) is 0. The van der Waals surface area contributed by atoms with E-state index in [0.717, 1.165) is 33.6 Å². The number of anilines is 2. The van der Waals surface area contributed by atoms with Crippen LogP contribution in [0.3, 0.4) is 0 Å². The zero-order valence-electron chi connectivity index (χ0n) is 22.3. The van der Waals surface area contributed by atoms with Gasteiger partial charge in [-0.05, 0) is 61.8 Å². The summed E-state index contributed by atoms with van der Waals surface area (Å²) >= 11 is 2.96. The Bertz CT molecular complexity index is 1380. The van der Waals surface area contributed by atoms with Crippen molar-refractivity contribution in [2.75, 3.05) is 10.6 Å². The quantitative estimate of drug-likeness (QED) is 0.163. The van der Waals surface area contributed by atoms with Gasteiger partial charge < -0.3 is 5.32 Å². The fraction of sp³-hybridized carbons (Fsp3) is 0.276. The van der Waals surface area contributed by atoms with Crippen LogP contribution in [0.4, 0.5) is 10.3 Å². The Labute approximate surface area is 242 Å². The lowest BCUT2D eigenvalue weighted by Crippen LogP contribution is -2.07.